The van der Waals surface area contributed by atoms with Gasteiger partial charge in [0.1, 0.15) is 5.82 Å². The van der Waals surface area contributed by atoms with Crippen molar-refractivity contribution < 1.29 is 8.42 Å². The first kappa shape index (κ1) is 16.3. The van der Waals surface area contributed by atoms with E-state index in [2.05, 4.69) is 34.6 Å². The number of nitrogen functional groups attached to an aromatic ring is 1. The number of nitrogens with zero attached hydrogens (tertiary/aromatic N) is 2. The summed E-state index contributed by atoms with van der Waals surface area (Å²) in [7, 11) is -2.94. The Morgan fingerprint density at radius 2 is 2.05 bits per heavy atom. The first-order valence-electron chi connectivity index (χ1n) is 7.68. The predicted molar refractivity (Wildman–Crippen MR) is 86.4 cm³/mol. The van der Waals surface area contributed by atoms with Gasteiger partial charge >= 0.3 is 0 Å². The van der Waals surface area contributed by atoms with Gasteiger partial charge in [-0.25, -0.2) is 13.1 Å². The van der Waals surface area contributed by atoms with Crippen molar-refractivity contribution in [2.24, 2.45) is 0 Å². The molecule has 0 radical (unpaired) electrons. The lowest BCUT2D eigenvalue weighted by molar-refractivity contribution is 0.450. The molecule has 21 heavy (non-hydrogen) atoms. The number of hydrogen-bond acceptors (Lipinski definition) is 4. The van der Waals surface area contributed by atoms with Gasteiger partial charge in [0, 0.05) is 11.0 Å². The van der Waals surface area contributed by atoms with Crippen LogP contribution in [-0.4, -0.2) is 29.7 Å². The summed E-state index contributed by atoms with van der Waals surface area (Å²) in [5.74, 6) is 1.31. The van der Waals surface area contributed by atoms with Crippen LogP contribution in [0.1, 0.15) is 70.7 Å². The fourth-order valence-electron chi connectivity index (χ4n) is 2.94. The highest BCUT2D eigenvalue weighted by Gasteiger charge is 2.35. The minimum atomic E-state index is -2.94. The van der Waals surface area contributed by atoms with Crippen molar-refractivity contribution in [2.75, 3.05) is 17.2 Å². The molecular formula is C15H27N3O2S. The Labute approximate surface area is 127 Å². The molecule has 1 aliphatic rings. The lowest BCUT2D eigenvalue weighted by Crippen LogP contribution is -2.20. The van der Waals surface area contributed by atoms with Gasteiger partial charge in [-0.3, -0.25) is 0 Å². The smallest absolute Gasteiger partial charge is 0.152 e. The highest BCUT2D eigenvalue weighted by molar-refractivity contribution is 7.91. The molecule has 1 fully saturated rings. The van der Waals surface area contributed by atoms with Crippen molar-refractivity contribution in [3.8, 4) is 0 Å². The number of rotatable bonds is 4. The maximum absolute atomic E-state index is 11.7. The molecule has 0 aromatic carbocycles. The van der Waals surface area contributed by atoms with Gasteiger partial charge in [-0.2, -0.15) is 5.10 Å². The van der Waals surface area contributed by atoms with Gasteiger partial charge in [0.2, 0.25) is 0 Å². The number of anilines is 1. The molecule has 0 spiro atoms. The molecule has 6 heteroatoms. The summed E-state index contributed by atoms with van der Waals surface area (Å²) in [5, 5.41) is 4.75. The monoisotopic (exact) mass is 313 g/mol. The Kier molecular flexibility index (Phi) is 4.12. The normalized spacial score (nSPS) is 22.1. The van der Waals surface area contributed by atoms with Crippen molar-refractivity contribution in [3.63, 3.8) is 0 Å². The minimum absolute atomic E-state index is 0.0591. The van der Waals surface area contributed by atoms with Crippen LogP contribution in [0.15, 0.2) is 0 Å². The number of hydrogen-bond donors (Lipinski definition) is 1. The van der Waals surface area contributed by atoms with Crippen molar-refractivity contribution in [3.05, 3.63) is 11.3 Å². The molecule has 1 atom stereocenters. The van der Waals surface area contributed by atoms with Crippen LogP contribution in [-0.2, 0) is 15.3 Å². The topological polar surface area (TPSA) is 78.0 Å². The Balaban J connectivity index is 2.52. The largest absolute Gasteiger partial charge is 0.384 e. The van der Waals surface area contributed by atoms with Gasteiger partial charge in [0.05, 0.1) is 23.2 Å². The van der Waals surface area contributed by atoms with Gasteiger partial charge < -0.3 is 5.73 Å². The van der Waals surface area contributed by atoms with E-state index in [9.17, 15) is 8.42 Å². The van der Waals surface area contributed by atoms with Crippen LogP contribution in [0.5, 0.6) is 0 Å². The zero-order chi connectivity index (χ0) is 16.0. The van der Waals surface area contributed by atoms with E-state index in [0.717, 1.165) is 17.7 Å². The number of nitrogens with two attached hydrogens (primary N) is 1. The standard InChI is InChI=1S/C15H27N3O2S/c1-6-15(4,5)13-12(10(2)3)14(16)18(17-13)11-7-8-21(19,20)9-11/h10-11H,6-9,16H2,1-5H3. The molecule has 1 aliphatic heterocycles. The summed E-state index contributed by atoms with van der Waals surface area (Å²) in [5.41, 5.74) is 8.36. The van der Waals surface area contributed by atoms with Crippen molar-refractivity contribution >= 4 is 15.7 Å². The lowest BCUT2D eigenvalue weighted by atomic mass is 9.82. The fourth-order valence-corrected chi connectivity index (χ4v) is 4.64. The Morgan fingerprint density at radius 3 is 2.48 bits per heavy atom. The van der Waals surface area contributed by atoms with Crippen LogP contribution < -0.4 is 5.73 Å². The molecule has 120 valence electrons. The van der Waals surface area contributed by atoms with Gasteiger partial charge in [0.25, 0.3) is 0 Å². The summed E-state index contributed by atoms with van der Waals surface area (Å²) >= 11 is 0. The van der Waals surface area contributed by atoms with Gasteiger partial charge in [-0.05, 0) is 18.8 Å². The molecule has 2 heterocycles. The third kappa shape index (κ3) is 2.96. The van der Waals surface area contributed by atoms with Crippen molar-refractivity contribution in [1.29, 1.82) is 0 Å². The maximum Gasteiger partial charge on any atom is 0.152 e. The second-order valence-corrected chi connectivity index (χ2v) is 9.27. The lowest BCUT2D eigenvalue weighted by Gasteiger charge is -2.23. The van der Waals surface area contributed by atoms with E-state index in [1.165, 1.54) is 0 Å². The summed E-state index contributed by atoms with van der Waals surface area (Å²) in [4.78, 5) is 0. The van der Waals surface area contributed by atoms with Crippen molar-refractivity contribution in [1.82, 2.24) is 9.78 Å². The molecular weight excluding hydrogens is 286 g/mol. The molecule has 0 aliphatic carbocycles. The molecule has 1 aromatic heterocycles. The average Bonchev–Trinajstić information content (AvgIpc) is 2.89. The van der Waals surface area contributed by atoms with Crippen LogP contribution in [0.25, 0.3) is 0 Å². The summed E-state index contributed by atoms with van der Waals surface area (Å²) in [6, 6.07) is -0.117. The molecule has 5 nitrogen and oxygen atoms in total. The van der Waals surface area contributed by atoms with E-state index in [-0.39, 0.29) is 28.9 Å². The quantitative estimate of drug-likeness (QED) is 0.927. The molecule has 0 bridgehead atoms. The first-order chi connectivity index (χ1) is 9.59. The van der Waals surface area contributed by atoms with E-state index in [1.807, 2.05) is 0 Å². The minimum Gasteiger partial charge on any atom is -0.384 e. The zero-order valence-electron chi connectivity index (χ0n) is 13.7. The fraction of sp³-hybridized carbons (Fsp3) is 0.800. The van der Waals surface area contributed by atoms with Gasteiger partial charge in [-0.15, -0.1) is 0 Å². The molecule has 0 amide bonds. The third-order valence-corrected chi connectivity index (χ3v) is 6.39. The highest BCUT2D eigenvalue weighted by atomic mass is 32.2. The Morgan fingerprint density at radius 1 is 1.43 bits per heavy atom. The van der Waals surface area contributed by atoms with Crippen LogP contribution in [0.3, 0.4) is 0 Å². The average molecular weight is 313 g/mol. The van der Waals surface area contributed by atoms with Crippen LogP contribution in [0.4, 0.5) is 5.82 Å². The predicted octanol–water partition coefficient (Wildman–Crippen LogP) is 2.64. The molecule has 2 N–H and O–H groups in total. The van der Waals surface area contributed by atoms with E-state index in [4.69, 9.17) is 10.8 Å². The van der Waals surface area contributed by atoms with Crippen molar-refractivity contribution in [2.45, 2.75) is 64.8 Å². The Hall–Kier alpha value is -1.04. The van der Waals surface area contributed by atoms with E-state index >= 15 is 0 Å². The highest BCUT2D eigenvalue weighted by Crippen LogP contribution is 2.38. The molecule has 1 unspecified atom stereocenters. The zero-order valence-corrected chi connectivity index (χ0v) is 14.5. The third-order valence-electron chi connectivity index (χ3n) is 4.64. The molecule has 0 saturated carbocycles. The van der Waals surface area contributed by atoms with E-state index < -0.39 is 9.84 Å². The van der Waals surface area contributed by atoms with Crippen LogP contribution in [0.2, 0.25) is 0 Å². The number of aromatic nitrogens is 2. The summed E-state index contributed by atoms with van der Waals surface area (Å²) in [6.07, 6.45) is 1.57. The summed E-state index contributed by atoms with van der Waals surface area (Å²) in [6.45, 7) is 10.7. The van der Waals surface area contributed by atoms with E-state index in [1.54, 1.807) is 4.68 Å². The SMILES string of the molecule is CCC(C)(C)c1nn(C2CCS(=O)(=O)C2)c(N)c1C(C)C. The second-order valence-electron chi connectivity index (χ2n) is 7.04. The second kappa shape index (κ2) is 5.30. The first-order valence-corrected chi connectivity index (χ1v) is 9.50. The molecule has 2 rings (SSSR count). The maximum atomic E-state index is 11.7. The molecule has 1 aromatic rings. The Bertz CT molecular complexity index is 630. The van der Waals surface area contributed by atoms with E-state index in [0.29, 0.717) is 12.2 Å². The van der Waals surface area contributed by atoms with Crippen LogP contribution >= 0.6 is 0 Å². The van der Waals surface area contributed by atoms with Gasteiger partial charge in [0.15, 0.2) is 9.84 Å². The van der Waals surface area contributed by atoms with Crippen LogP contribution in [0, 0.1) is 0 Å². The summed E-state index contributed by atoms with van der Waals surface area (Å²) < 4.78 is 25.2. The molecule has 1 saturated heterocycles. The number of sulfone groups is 1. The van der Waals surface area contributed by atoms with Gasteiger partial charge in [-0.1, -0.05) is 34.6 Å².